The van der Waals surface area contributed by atoms with E-state index < -0.39 is 0 Å². The van der Waals surface area contributed by atoms with Crippen LogP contribution in [0.3, 0.4) is 0 Å². The van der Waals surface area contributed by atoms with Crippen LogP contribution in [0.2, 0.25) is 0 Å². The van der Waals surface area contributed by atoms with Crippen molar-refractivity contribution in [1.82, 2.24) is 20.1 Å². The Morgan fingerprint density at radius 1 is 1.17 bits per heavy atom. The van der Waals surface area contributed by atoms with Crippen molar-refractivity contribution in [2.75, 3.05) is 6.54 Å². The summed E-state index contributed by atoms with van der Waals surface area (Å²) in [6, 6.07) is 10.6. The molecule has 1 aromatic carbocycles. The van der Waals surface area contributed by atoms with Crippen LogP contribution in [0.4, 0.5) is 0 Å². The van der Waals surface area contributed by atoms with Crippen LogP contribution in [0, 0.1) is 6.92 Å². The molecule has 1 N–H and O–H groups in total. The van der Waals surface area contributed by atoms with E-state index in [-0.39, 0.29) is 0 Å². The minimum atomic E-state index is 0.784. The molecule has 96 valence electrons. The number of aromatic nitrogens is 3. The second kappa shape index (κ2) is 6.31. The average Bonchev–Trinajstić information content (AvgIpc) is 2.71. The van der Waals surface area contributed by atoms with E-state index >= 15 is 0 Å². The van der Waals surface area contributed by atoms with E-state index in [0.29, 0.717) is 0 Å². The van der Waals surface area contributed by atoms with Gasteiger partial charge in [-0.25, -0.2) is 0 Å². The van der Waals surface area contributed by atoms with Crippen molar-refractivity contribution in [3.8, 4) is 0 Å². The molecule has 0 atom stereocenters. The lowest BCUT2D eigenvalue weighted by Gasteiger charge is -2.05. The summed E-state index contributed by atoms with van der Waals surface area (Å²) in [6.45, 7) is 3.75. The number of benzene rings is 1. The van der Waals surface area contributed by atoms with E-state index in [4.69, 9.17) is 0 Å². The Labute approximate surface area is 108 Å². The first kappa shape index (κ1) is 12.8. The van der Waals surface area contributed by atoms with E-state index in [0.717, 1.165) is 37.6 Å². The van der Waals surface area contributed by atoms with Gasteiger partial charge in [0.15, 0.2) is 0 Å². The van der Waals surface area contributed by atoms with E-state index in [1.165, 1.54) is 5.56 Å². The maximum atomic E-state index is 4.12. The zero-order valence-electron chi connectivity index (χ0n) is 11.1. The van der Waals surface area contributed by atoms with E-state index in [2.05, 4.69) is 45.8 Å². The van der Waals surface area contributed by atoms with Crippen molar-refractivity contribution in [1.29, 1.82) is 0 Å². The Kier molecular flexibility index (Phi) is 4.47. The van der Waals surface area contributed by atoms with Gasteiger partial charge in [0.2, 0.25) is 0 Å². The molecule has 1 heterocycles. The smallest absolute Gasteiger partial charge is 0.146 e. The summed E-state index contributed by atoms with van der Waals surface area (Å²) in [5.41, 5.74) is 1.40. The largest absolute Gasteiger partial charge is 0.317 e. The summed E-state index contributed by atoms with van der Waals surface area (Å²) in [5, 5.41) is 11.6. The summed E-state index contributed by atoms with van der Waals surface area (Å²) >= 11 is 0. The number of rotatable bonds is 6. The van der Waals surface area contributed by atoms with Crippen LogP contribution in [-0.4, -0.2) is 21.3 Å². The topological polar surface area (TPSA) is 42.7 Å². The van der Waals surface area contributed by atoms with Gasteiger partial charge in [0.25, 0.3) is 0 Å². The van der Waals surface area contributed by atoms with Crippen LogP contribution in [0.15, 0.2) is 30.3 Å². The quantitative estimate of drug-likeness (QED) is 0.789. The van der Waals surface area contributed by atoms with Gasteiger partial charge < -0.3 is 9.88 Å². The lowest BCUT2D eigenvalue weighted by atomic mass is 10.1. The molecule has 2 aromatic rings. The second-order valence-corrected chi connectivity index (χ2v) is 4.49. The lowest BCUT2D eigenvalue weighted by molar-refractivity contribution is 0.610. The molecule has 1 aromatic heterocycles. The molecule has 0 fully saturated rings. The van der Waals surface area contributed by atoms with Gasteiger partial charge in [-0.3, -0.25) is 0 Å². The van der Waals surface area contributed by atoms with Gasteiger partial charge in [0.05, 0.1) is 6.54 Å². The summed E-state index contributed by atoms with van der Waals surface area (Å²) in [7, 11) is 2.00. The fraction of sp³-hybridized carbons (Fsp3) is 0.429. The zero-order chi connectivity index (χ0) is 12.8. The molecule has 0 saturated heterocycles. The van der Waals surface area contributed by atoms with Crippen LogP contribution in [-0.2, 0) is 20.0 Å². The van der Waals surface area contributed by atoms with E-state index in [9.17, 15) is 0 Å². The van der Waals surface area contributed by atoms with Gasteiger partial charge >= 0.3 is 0 Å². The third-order valence-corrected chi connectivity index (χ3v) is 3.13. The van der Waals surface area contributed by atoms with Crippen LogP contribution in [0.25, 0.3) is 0 Å². The summed E-state index contributed by atoms with van der Waals surface area (Å²) in [5.74, 6) is 1.95. The molecule has 0 saturated carbocycles. The van der Waals surface area contributed by atoms with Gasteiger partial charge in [-0.1, -0.05) is 30.3 Å². The summed E-state index contributed by atoms with van der Waals surface area (Å²) in [6.07, 6.45) is 2.26. The predicted octanol–water partition coefficient (Wildman–Crippen LogP) is 1.85. The lowest BCUT2D eigenvalue weighted by Crippen LogP contribution is -2.18. The fourth-order valence-electron chi connectivity index (χ4n) is 1.87. The highest BCUT2D eigenvalue weighted by Gasteiger charge is 2.03. The van der Waals surface area contributed by atoms with Crippen molar-refractivity contribution in [3.05, 3.63) is 47.5 Å². The molecule has 4 nitrogen and oxygen atoms in total. The van der Waals surface area contributed by atoms with Crippen molar-refractivity contribution in [2.45, 2.75) is 26.3 Å². The van der Waals surface area contributed by atoms with Crippen LogP contribution >= 0.6 is 0 Å². The molecule has 0 radical (unpaired) electrons. The van der Waals surface area contributed by atoms with E-state index in [1.54, 1.807) is 0 Å². The highest BCUT2D eigenvalue weighted by atomic mass is 15.3. The normalized spacial score (nSPS) is 10.8. The average molecular weight is 244 g/mol. The van der Waals surface area contributed by atoms with Gasteiger partial charge in [-0.15, -0.1) is 10.2 Å². The summed E-state index contributed by atoms with van der Waals surface area (Å²) < 4.78 is 2.02. The number of hydrogen-bond acceptors (Lipinski definition) is 3. The molecule has 4 heteroatoms. The maximum absolute atomic E-state index is 4.12. The molecular weight excluding hydrogens is 224 g/mol. The third kappa shape index (κ3) is 3.40. The zero-order valence-corrected chi connectivity index (χ0v) is 11.1. The van der Waals surface area contributed by atoms with Gasteiger partial charge in [-0.2, -0.15) is 0 Å². The molecule has 0 aliphatic carbocycles. The second-order valence-electron chi connectivity index (χ2n) is 4.49. The SMILES string of the molecule is Cc1nnc(CNCCCc2ccccc2)n1C. The first-order valence-electron chi connectivity index (χ1n) is 6.37. The van der Waals surface area contributed by atoms with Gasteiger partial charge in [0.1, 0.15) is 11.6 Å². The Morgan fingerprint density at radius 2 is 1.94 bits per heavy atom. The number of aryl methyl sites for hydroxylation is 2. The van der Waals surface area contributed by atoms with Crippen molar-refractivity contribution < 1.29 is 0 Å². The Morgan fingerprint density at radius 3 is 2.61 bits per heavy atom. The molecule has 0 bridgehead atoms. The Hall–Kier alpha value is -1.68. The molecular formula is C14H20N4. The van der Waals surface area contributed by atoms with Crippen LogP contribution in [0.5, 0.6) is 0 Å². The molecule has 0 aliphatic rings. The first-order chi connectivity index (χ1) is 8.77. The third-order valence-electron chi connectivity index (χ3n) is 3.13. The minimum Gasteiger partial charge on any atom is -0.317 e. The highest BCUT2D eigenvalue weighted by Crippen LogP contribution is 2.02. The van der Waals surface area contributed by atoms with Crippen LogP contribution in [0.1, 0.15) is 23.6 Å². The molecule has 0 spiro atoms. The van der Waals surface area contributed by atoms with Crippen molar-refractivity contribution in [3.63, 3.8) is 0 Å². The Bertz CT molecular complexity index is 476. The van der Waals surface area contributed by atoms with Gasteiger partial charge in [0, 0.05) is 7.05 Å². The molecule has 0 amide bonds. The number of nitrogens with one attached hydrogen (secondary N) is 1. The maximum Gasteiger partial charge on any atom is 0.146 e. The highest BCUT2D eigenvalue weighted by molar-refractivity contribution is 5.14. The van der Waals surface area contributed by atoms with Crippen molar-refractivity contribution >= 4 is 0 Å². The molecule has 0 aliphatic heterocycles. The standard InChI is InChI=1S/C14H20N4/c1-12-16-17-14(18(12)2)11-15-10-6-9-13-7-4-3-5-8-13/h3-5,7-8,15H,6,9-11H2,1-2H3. The molecule has 18 heavy (non-hydrogen) atoms. The van der Waals surface area contributed by atoms with Crippen molar-refractivity contribution in [2.24, 2.45) is 7.05 Å². The number of nitrogens with zero attached hydrogens (tertiary/aromatic N) is 3. The monoisotopic (exact) mass is 244 g/mol. The summed E-state index contributed by atoms with van der Waals surface area (Å²) in [4.78, 5) is 0. The Balaban J connectivity index is 1.66. The molecule has 2 rings (SSSR count). The number of hydrogen-bond donors (Lipinski definition) is 1. The fourth-order valence-corrected chi connectivity index (χ4v) is 1.87. The predicted molar refractivity (Wildman–Crippen MR) is 72.2 cm³/mol. The van der Waals surface area contributed by atoms with E-state index in [1.807, 2.05) is 18.5 Å². The minimum absolute atomic E-state index is 0.784. The van der Waals surface area contributed by atoms with Crippen LogP contribution < -0.4 is 5.32 Å². The first-order valence-corrected chi connectivity index (χ1v) is 6.37. The molecule has 0 unspecified atom stereocenters. The van der Waals surface area contributed by atoms with Gasteiger partial charge in [-0.05, 0) is 31.9 Å².